The van der Waals surface area contributed by atoms with Crippen LogP contribution in [-0.4, -0.2) is 47.6 Å². The molecule has 0 bridgehead atoms. The van der Waals surface area contributed by atoms with Gasteiger partial charge in [0.05, 0.1) is 6.42 Å². The number of ether oxygens (including phenoxy) is 1. The topological polar surface area (TPSA) is 78.9 Å². The molecule has 1 aromatic carbocycles. The molecule has 6 heteroatoms. The highest BCUT2D eigenvalue weighted by molar-refractivity contribution is 5.86. The minimum absolute atomic E-state index is 0.207. The summed E-state index contributed by atoms with van der Waals surface area (Å²) in [6.45, 7) is 5.62. The highest BCUT2D eigenvalue weighted by Crippen LogP contribution is 2.22. The minimum Gasteiger partial charge on any atom is -0.489 e. The molecule has 1 aromatic rings. The first kappa shape index (κ1) is 16.0. The maximum atomic E-state index is 11.9. The van der Waals surface area contributed by atoms with Gasteiger partial charge in [-0.2, -0.15) is 0 Å². The van der Waals surface area contributed by atoms with Gasteiger partial charge >= 0.3 is 5.97 Å². The summed E-state index contributed by atoms with van der Waals surface area (Å²) in [6.07, 6.45) is 1.46. The van der Waals surface area contributed by atoms with E-state index in [1.165, 1.54) is 0 Å². The van der Waals surface area contributed by atoms with Gasteiger partial charge in [0.1, 0.15) is 18.4 Å². The highest BCUT2D eigenvalue weighted by Gasteiger charge is 2.31. The van der Waals surface area contributed by atoms with Crippen LogP contribution in [0.4, 0.5) is 0 Å². The third kappa shape index (κ3) is 4.08. The Hall–Kier alpha value is -2.34. The average molecular weight is 304 g/mol. The Bertz CT molecular complexity index is 559. The van der Waals surface area contributed by atoms with Crippen molar-refractivity contribution in [1.82, 2.24) is 10.2 Å². The zero-order valence-electron chi connectivity index (χ0n) is 12.3. The molecule has 0 aromatic heterocycles. The Morgan fingerprint density at radius 2 is 2.27 bits per heavy atom. The van der Waals surface area contributed by atoms with E-state index >= 15 is 0 Å². The molecule has 0 aliphatic carbocycles. The molecule has 0 radical (unpaired) electrons. The van der Waals surface area contributed by atoms with E-state index in [-0.39, 0.29) is 12.3 Å². The fraction of sp³-hybridized carbons (Fsp3) is 0.375. The second-order valence-electron chi connectivity index (χ2n) is 5.08. The fourth-order valence-electron chi connectivity index (χ4n) is 2.48. The Kier molecular flexibility index (Phi) is 5.55. The SMILES string of the molecule is C=CCOc1ccccc1CN1CCNC(=O)C1CC(=O)O. The summed E-state index contributed by atoms with van der Waals surface area (Å²) >= 11 is 0. The van der Waals surface area contributed by atoms with Gasteiger partial charge in [0, 0.05) is 25.2 Å². The van der Waals surface area contributed by atoms with Gasteiger partial charge in [-0.05, 0) is 6.07 Å². The van der Waals surface area contributed by atoms with E-state index in [9.17, 15) is 9.59 Å². The number of hydrogen-bond donors (Lipinski definition) is 2. The molecule has 22 heavy (non-hydrogen) atoms. The van der Waals surface area contributed by atoms with Crippen molar-refractivity contribution in [1.29, 1.82) is 0 Å². The average Bonchev–Trinajstić information content (AvgIpc) is 2.49. The number of aliphatic carboxylic acids is 1. The van der Waals surface area contributed by atoms with Gasteiger partial charge in [-0.15, -0.1) is 0 Å². The normalized spacial score (nSPS) is 18.5. The number of carboxylic acids is 1. The number of benzene rings is 1. The molecule has 2 rings (SSSR count). The summed E-state index contributed by atoms with van der Waals surface area (Å²) in [6, 6.07) is 6.89. The molecular weight excluding hydrogens is 284 g/mol. The van der Waals surface area contributed by atoms with Gasteiger partial charge in [-0.25, -0.2) is 0 Å². The van der Waals surface area contributed by atoms with Crippen LogP contribution in [0.5, 0.6) is 5.75 Å². The molecule has 1 unspecified atom stereocenters. The lowest BCUT2D eigenvalue weighted by Crippen LogP contribution is -2.55. The van der Waals surface area contributed by atoms with Crippen LogP contribution < -0.4 is 10.1 Å². The van der Waals surface area contributed by atoms with E-state index in [1.54, 1.807) is 6.08 Å². The summed E-state index contributed by atoms with van der Waals surface area (Å²) in [5.41, 5.74) is 0.925. The molecule has 1 atom stereocenters. The number of nitrogens with one attached hydrogen (secondary N) is 1. The van der Waals surface area contributed by atoms with Crippen LogP contribution in [0.2, 0.25) is 0 Å². The summed E-state index contributed by atoms with van der Waals surface area (Å²) < 4.78 is 5.61. The van der Waals surface area contributed by atoms with Gasteiger partial charge in [0.2, 0.25) is 5.91 Å². The highest BCUT2D eigenvalue weighted by atomic mass is 16.5. The molecule has 1 saturated heterocycles. The van der Waals surface area contributed by atoms with Crippen molar-refractivity contribution in [3.63, 3.8) is 0 Å². The van der Waals surface area contributed by atoms with E-state index in [4.69, 9.17) is 9.84 Å². The molecule has 118 valence electrons. The van der Waals surface area contributed by atoms with E-state index < -0.39 is 12.0 Å². The van der Waals surface area contributed by atoms with Crippen LogP contribution in [-0.2, 0) is 16.1 Å². The van der Waals surface area contributed by atoms with Crippen molar-refractivity contribution < 1.29 is 19.4 Å². The van der Waals surface area contributed by atoms with Gasteiger partial charge in [-0.1, -0.05) is 30.9 Å². The molecule has 1 heterocycles. The number of carbonyl (C=O) groups is 2. The van der Waals surface area contributed by atoms with Crippen LogP contribution in [0.3, 0.4) is 0 Å². The van der Waals surface area contributed by atoms with Crippen molar-refractivity contribution in [2.45, 2.75) is 19.0 Å². The molecule has 1 amide bonds. The number of nitrogens with zero attached hydrogens (tertiary/aromatic N) is 1. The lowest BCUT2D eigenvalue weighted by molar-refractivity contribution is -0.143. The molecular formula is C16H20N2O4. The number of piperazine rings is 1. The number of rotatable bonds is 7. The zero-order chi connectivity index (χ0) is 15.9. The molecule has 6 nitrogen and oxygen atoms in total. The second-order valence-corrected chi connectivity index (χ2v) is 5.08. The largest absolute Gasteiger partial charge is 0.489 e. The van der Waals surface area contributed by atoms with Gasteiger partial charge in [-0.3, -0.25) is 14.5 Å². The maximum Gasteiger partial charge on any atom is 0.305 e. The zero-order valence-corrected chi connectivity index (χ0v) is 12.3. The third-order valence-corrected chi connectivity index (χ3v) is 3.51. The Balaban J connectivity index is 2.14. The van der Waals surface area contributed by atoms with Crippen molar-refractivity contribution in [2.75, 3.05) is 19.7 Å². The van der Waals surface area contributed by atoms with E-state index in [0.29, 0.717) is 26.2 Å². The number of para-hydroxylation sites is 1. The van der Waals surface area contributed by atoms with Crippen molar-refractivity contribution in [3.8, 4) is 5.75 Å². The minimum atomic E-state index is -0.983. The predicted molar refractivity (Wildman–Crippen MR) is 81.6 cm³/mol. The summed E-state index contributed by atoms with van der Waals surface area (Å²) in [7, 11) is 0. The van der Waals surface area contributed by atoms with Crippen molar-refractivity contribution >= 4 is 11.9 Å². The van der Waals surface area contributed by atoms with Gasteiger partial charge in [0.25, 0.3) is 0 Å². The van der Waals surface area contributed by atoms with Crippen LogP contribution in [0.25, 0.3) is 0 Å². The van der Waals surface area contributed by atoms with Gasteiger partial charge < -0.3 is 15.2 Å². The first-order chi connectivity index (χ1) is 10.6. The summed E-state index contributed by atoms with van der Waals surface area (Å²) in [4.78, 5) is 24.8. The predicted octanol–water partition coefficient (Wildman–Crippen LogP) is 1.03. The van der Waals surface area contributed by atoms with E-state index in [1.807, 2.05) is 29.2 Å². The molecule has 1 fully saturated rings. The Morgan fingerprint density at radius 1 is 1.50 bits per heavy atom. The lowest BCUT2D eigenvalue weighted by Gasteiger charge is -2.34. The first-order valence-electron chi connectivity index (χ1n) is 7.17. The summed E-state index contributed by atoms with van der Waals surface area (Å²) in [5.74, 6) is -0.496. The van der Waals surface area contributed by atoms with Gasteiger partial charge in [0.15, 0.2) is 0 Å². The van der Waals surface area contributed by atoms with Crippen LogP contribution in [0.15, 0.2) is 36.9 Å². The molecule has 1 aliphatic heterocycles. The van der Waals surface area contributed by atoms with Crippen LogP contribution in [0, 0.1) is 0 Å². The third-order valence-electron chi connectivity index (χ3n) is 3.51. The Labute approximate surface area is 129 Å². The fourth-order valence-corrected chi connectivity index (χ4v) is 2.48. The first-order valence-corrected chi connectivity index (χ1v) is 7.17. The standard InChI is InChI=1S/C16H20N2O4/c1-2-9-22-14-6-4-3-5-12(14)11-18-8-7-17-16(21)13(18)10-15(19)20/h2-6,13H,1,7-11H2,(H,17,21)(H,19,20). The number of carboxylic acid groups (broad SMARTS) is 1. The number of hydrogen-bond acceptors (Lipinski definition) is 4. The smallest absolute Gasteiger partial charge is 0.305 e. The maximum absolute atomic E-state index is 11.9. The molecule has 1 aliphatic rings. The van der Waals surface area contributed by atoms with E-state index in [0.717, 1.165) is 11.3 Å². The Morgan fingerprint density at radius 3 is 3.00 bits per heavy atom. The second kappa shape index (κ2) is 7.61. The number of carbonyl (C=O) groups excluding carboxylic acids is 1. The molecule has 0 saturated carbocycles. The van der Waals surface area contributed by atoms with Crippen molar-refractivity contribution in [3.05, 3.63) is 42.5 Å². The van der Waals surface area contributed by atoms with Crippen LogP contribution in [0.1, 0.15) is 12.0 Å². The van der Waals surface area contributed by atoms with E-state index in [2.05, 4.69) is 11.9 Å². The van der Waals surface area contributed by atoms with Crippen molar-refractivity contribution in [2.24, 2.45) is 0 Å². The lowest BCUT2D eigenvalue weighted by atomic mass is 10.1. The molecule has 2 N–H and O–H groups in total. The summed E-state index contributed by atoms with van der Waals surface area (Å²) in [5, 5.41) is 11.7. The molecule has 0 spiro atoms. The monoisotopic (exact) mass is 304 g/mol. The quantitative estimate of drug-likeness (QED) is 0.736. The number of amides is 1. The van der Waals surface area contributed by atoms with Crippen LogP contribution >= 0.6 is 0 Å².